The summed E-state index contributed by atoms with van der Waals surface area (Å²) in [7, 11) is 0. The lowest BCUT2D eigenvalue weighted by molar-refractivity contribution is -0.137. The maximum Gasteiger partial charge on any atom is 0.303 e. The van der Waals surface area contributed by atoms with Crippen molar-refractivity contribution in [3.63, 3.8) is 0 Å². The number of unbranched alkanes of at least 4 members (excludes halogenated alkanes) is 6. The first-order chi connectivity index (χ1) is 7.98. The zero-order chi connectivity index (χ0) is 13.1. The van der Waals surface area contributed by atoms with E-state index in [0.29, 0.717) is 6.42 Å². The van der Waals surface area contributed by atoms with E-state index in [1.54, 1.807) is 0 Å². The molecule has 0 amide bonds. The molecule has 0 aromatic heterocycles. The Hall–Kier alpha value is -0.570. The molecule has 3 heteroatoms. The summed E-state index contributed by atoms with van der Waals surface area (Å²) in [5.74, 6) is -0.688. The van der Waals surface area contributed by atoms with Crippen molar-refractivity contribution in [2.75, 3.05) is 0 Å². The minimum atomic E-state index is -0.688. The molecular formula is C14H28O3. The summed E-state index contributed by atoms with van der Waals surface area (Å²) < 4.78 is 0. The zero-order valence-corrected chi connectivity index (χ0v) is 11.4. The molecule has 0 spiro atoms. The Morgan fingerprint density at radius 1 is 1.00 bits per heavy atom. The Labute approximate surface area is 105 Å². The molecule has 0 fully saturated rings. The Balaban J connectivity index is 3.16. The van der Waals surface area contributed by atoms with Gasteiger partial charge in [0.15, 0.2) is 0 Å². The van der Waals surface area contributed by atoms with Crippen molar-refractivity contribution in [1.29, 1.82) is 0 Å². The number of hydrogen-bond acceptors (Lipinski definition) is 2. The lowest BCUT2D eigenvalue weighted by atomic mass is 9.95. The molecule has 3 nitrogen and oxygen atoms in total. The molecule has 1 unspecified atom stereocenters. The first-order valence-corrected chi connectivity index (χ1v) is 6.92. The molecule has 0 bridgehead atoms. The summed E-state index contributed by atoms with van der Waals surface area (Å²) in [6.07, 6.45) is 9.65. The predicted molar refractivity (Wildman–Crippen MR) is 70.1 cm³/mol. The first kappa shape index (κ1) is 16.4. The van der Waals surface area contributed by atoms with Crippen LogP contribution >= 0.6 is 0 Å². The zero-order valence-electron chi connectivity index (χ0n) is 11.4. The largest absolute Gasteiger partial charge is 0.481 e. The van der Waals surface area contributed by atoms with Gasteiger partial charge < -0.3 is 10.2 Å². The molecule has 102 valence electrons. The van der Waals surface area contributed by atoms with Crippen LogP contribution in [0.5, 0.6) is 0 Å². The van der Waals surface area contributed by atoms with Crippen LogP contribution < -0.4 is 0 Å². The van der Waals surface area contributed by atoms with Crippen molar-refractivity contribution in [1.82, 2.24) is 0 Å². The van der Waals surface area contributed by atoms with E-state index in [1.807, 2.05) is 13.8 Å². The van der Waals surface area contributed by atoms with Gasteiger partial charge in [-0.1, -0.05) is 45.4 Å². The Morgan fingerprint density at radius 2 is 1.47 bits per heavy atom. The molecule has 0 aromatic rings. The quantitative estimate of drug-likeness (QED) is 0.544. The van der Waals surface area contributed by atoms with Crippen molar-refractivity contribution >= 4 is 5.97 Å². The van der Waals surface area contributed by atoms with Gasteiger partial charge in [0.1, 0.15) is 0 Å². The maximum absolute atomic E-state index is 10.3. The smallest absolute Gasteiger partial charge is 0.303 e. The van der Waals surface area contributed by atoms with E-state index in [9.17, 15) is 9.90 Å². The van der Waals surface area contributed by atoms with Gasteiger partial charge in [0.05, 0.1) is 5.60 Å². The van der Waals surface area contributed by atoms with Crippen LogP contribution in [-0.2, 0) is 4.79 Å². The van der Waals surface area contributed by atoms with Gasteiger partial charge in [-0.3, -0.25) is 4.79 Å². The lowest BCUT2D eigenvalue weighted by Crippen LogP contribution is -2.22. The van der Waals surface area contributed by atoms with Crippen LogP contribution in [0.3, 0.4) is 0 Å². The van der Waals surface area contributed by atoms with Crippen molar-refractivity contribution in [3.8, 4) is 0 Å². The average Bonchev–Trinajstić information content (AvgIpc) is 2.26. The van der Waals surface area contributed by atoms with Gasteiger partial charge in [0, 0.05) is 6.42 Å². The minimum Gasteiger partial charge on any atom is -0.481 e. The molecule has 1 atom stereocenters. The number of aliphatic hydroxyl groups is 1. The van der Waals surface area contributed by atoms with E-state index in [4.69, 9.17) is 5.11 Å². The van der Waals surface area contributed by atoms with Crippen molar-refractivity contribution in [2.45, 2.75) is 83.7 Å². The summed E-state index contributed by atoms with van der Waals surface area (Å²) >= 11 is 0. The molecule has 0 aliphatic heterocycles. The molecule has 0 aliphatic rings. The predicted octanol–water partition coefficient (Wildman–Crippen LogP) is 3.74. The third-order valence-electron chi connectivity index (χ3n) is 3.37. The molecule has 0 aliphatic carbocycles. The second-order valence-electron chi connectivity index (χ2n) is 5.22. The number of carboxylic acids is 1. The van der Waals surface area contributed by atoms with Gasteiger partial charge in [-0.05, 0) is 26.2 Å². The normalized spacial score (nSPS) is 14.5. The summed E-state index contributed by atoms with van der Waals surface area (Å²) in [6.45, 7) is 3.92. The lowest BCUT2D eigenvalue weighted by Gasteiger charge is -2.20. The minimum absolute atomic E-state index is 0.305. The summed E-state index contributed by atoms with van der Waals surface area (Å²) in [5, 5.41) is 18.3. The Kier molecular flexibility index (Phi) is 9.14. The fourth-order valence-electron chi connectivity index (χ4n) is 1.84. The summed E-state index contributed by atoms with van der Waals surface area (Å²) in [5.41, 5.74) is -0.485. The van der Waals surface area contributed by atoms with Crippen LogP contribution in [0.15, 0.2) is 0 Å². The Bertz CT molecular complexity index is 200. The molecule has 0 aromatic carbocycles. The van der Waals surface area contributed by atoms with Crippen LogP contribution in [0.1, 0.15) is 78.1 Å². The SMILES string of the molecule is CCC(C)(O)CCCCCCCCCC(=O)O. The number of aliphatic carboxylic acids is 1. The summed E-state index contributed by atoms with van der Waals surface area (Å²) in [6, 6.07) is 0. The third-order valence-corrected chi connectivity index (χ3v) is 3.37. The highest BCUT2D eigenvalue weighted by Crippen LogP contribution is 2.18. The van der Waals surface area contributed by atoms with Crippen molar-refractivity contribution in [2.24, 2.45) is 0 Å². The second-order valence-corrected chi connectivity index (χ2v) is 5.22. The van der Waals surface area contributed by atoms with E-state index >= 15 is 0 Å². The number of carbonyl (C=O) groups is 1. The summed E-state index contributed by atoms with van der Waals surface area (Å²) in [4.78, 5) is 10.3. The van der Waals surface area contributed by atoms with Gasteiger partial charge in [0.25, 0.3) is 0 Å². The first-order valence-electron chi connectivity index (χ1n) is 6.92. The van der Waals surface area contributed by atoms with Gasteiger partial charge in [-0.25, -0.2) is 0 Å². The maximum atomic E-state index is 10.3. The Morgan fingerprint density at radius 3 is 1.94 bits per heavy atom. The highest BCUT2D eigenvalue weighted by molar-refractivity contribution is 5.66. The molecular weight excluding hydrogens is 216 g/mol. The van der Waals surface area contributed by atoms with Gasteiger partial charge in [-0.15, -0.1) is 0 Å². The molecule has 0 radical (unpaired) electrons. The fourth-order valence-corrected chi connectivity index (χ4v) is 1.84. The number of hydrogen-bond donors (Lipinski definition) is 2. The van der Waals surface area contributed by atoms with E-state index in [1.165, 1.54) is 19.3 Å². The molecule has 0 rings (SSSR count). The van der Waals surface area contributed by atoms with Crippen LogP contribution in [0.4, 0.5) is 0 Å². The van der Waals surface area contributed by atoms with Crippen LogP contribution in [-0.4, -0.2) is 21.8 Å². The third kappa shape index (κ3) is 11.7. The molecule has 17 heavy (non-hydrogen) atoms. The topological polar surface area (TPSA) is 57.5 Å². The van der Waals surface area contributed by atoms with E-state index in [0.717, 1.165) is 38.5 Å². The van der Waals surface area contributed by atoms with Gasteiger partial charge >= 0.3 is 5.97 Å². The molecule has 0 heterocycles. The standard InChI is InChI=1S/C14H28O3/c1-3-14(2,17)12-10-8-6-4-5-7-9-11-13(15)16/h17H,3-12H2,1-2H3,(H,15,16). The average molecular weight is 244 g/mol. The van der Waals surface area contributed by atoms with Crippen LogP contribution in [0, 0.1) is 0 Å². The van der Waals surface area contributed by atoms with Crippen LogP contribution in [0.25, 0.3) is 0 Å². The number of rotatable bonds is 11. The monoisotopic (exact) mass is 244 g/mol. The molecule has 2 N–H and O–H groups in total. The van der Waals surface area contributed by atoms with Crippen molar-refractivity contribution in [3.05, 3.63) is 0 Å². The highest BCUT2D eigenvalue weighted by atomic mass is 16.4. The number of carboxylic acid groups (broad SMARTS) is 1. The highest BCUT2D eigenvalue weighted by Gasteiger charge is 2.15. The van der Waals surface area contributed by atoms with Gasteiger partial charge in [-0.2, -0.15) is 0 Å². The second kappa shape index (κ2) is 9.46. The fraction of sp³-hybridized carbons (Fsp3) is 0.929. The van der Waals surface area contributed by atoms with E-state index < -0.39 is 11.6 Å². The van der Waals surface area contributed by atoms with E-state index in [2.05, 4.69) is 0 Å². The molecule has 0 saturated carbocycles. The van der Waals surface area contributed by atoms with Gasteiger partial charge in [0.2, 0.25) is 0 Å². The van der Waals surface area contributed by atoms with Crippen LogP contribution in [0.2, 0.25) is 0 Å². The van der Waals surface area contributed by atoms with Crippen molar-refractivity contribution < 1.29 is 15.0 Å². The van der Waals surface area contributed by atoms with E-state index in [-0.39, 0.29) is 0 Å². The molecule has 0 saturated heterocycles.